The van der Waals surface area contributed by atoms with Crippen molar-refractivity contribution >= 4 is 5.97 Å². The lowest BCUT2D eigenvalue weighted by Crippen LogP contribution is -2.54. The largest absolute Gasteiger partial charge is 0.481 e. The zero-order valence-corrected chi connectivity index (χ0v) is 14.3. The van der Waals surface area contributed by atoms with Crippen LogP contribution in [0.25, 0.3) is 0 Å². The minimum absolute atomic E-state index is 0.139. The molecular weight excluding hydrogens is 272 g/mol. The zero-order valence-electron chi connectivity index (χ0n) is 14.3. The van der Waals surface area contributed by atoms with Gasteiger partial charge < -0.3 is 5.11 Å². The summed E-state index contributed by atoms with van der Waals surface area (Å²) in [6.07, 6.45) is 12.1. The van der Waals surface area contributed by atoms with Gasteiger partial charge in [0.2, 0.25) is 0 Å². The molecule has 3 aliphatic rings. The third kappa shape index (κ3) is 2.10. The number of carboxylic acid groups (broad SMARTS) is 1. The van der Waals surface area contributed by atoms with Gasteiger partial charge >= 0.3 is 5.97 Å². The summed E-state index contributed by atoms with van der Waals surface area (Å²) < 4.78 is 0. The number of aliphatic carboxylic acids is 1. The van der Waals surface area contributed by atoms with Crippen molar-refractivity contribution in [2.24, 2.45) is 28.1 Å². The van der Waals surface area contributed by atoms with E-state index in [4.69, 9.17) is 0 Å². The molecule has 0 unspecified atom stereocenters. The smallest absolute Gasteiger partial charge is 0.309 e. The molecular formula is C20H30O2. The molecule has 2 saturated carbocycles. The van der Waals surface area contributed by atoms with E-state index in [9.17, 15) is 9.90 Å². The van der Waals surface area contributed by atoms with Crippen LogP contribution in [0.4, 0.5) is 0 Å². The Morgan fingerprint density at radius 3 is 2.64 bits per heavy atom. The van der Waals surface area contributed by atoms with E-state index in [1.807, 2.05) is 6.92 Å². The van der Waals surface area contributed by atoms with Gasteiger partial charge in [0.05, 0.1) is 5.41 Å². The van der Waals surface area contributed by atoms with Crippen LogP contribution in [0.2, 0.25) is 0 Å². The zero-order chi connectivity index (χ0) is 16.2. The molecule has 3 rings (SSSR count). The minimum Gasteiger partial charge on any atom is -0.481 e. The van der Waals surface area contributed by atoms with Crippen molar-refractivity contribution in [2.75, 3.05) is 0 Å². The maximum absolute atomic E-state index is 12.0. The van der Waals surface area contributed by atoms with E-state index in [1.165, 1.54) is 12.8 Å². The molecule has 2 nitrogen and oxygen atoms in total. The van der Waals surface area contributed by atoms with Crippen molar-refractivity contribution in [3.63, 3.8) is 0 Å². The first kappa shape index (κ1) is 15.8. The molecule has 2 heteroatoms. The Morgan fingerprint density at radius 2 is 2.00 bits per heavy atom. The summed E-state index contributed by atoms with van der Waals surface area (Å²) in [6.45, 7) is 10.7. The highest BCUT2D eigenvalue weighted by Crippen LogP contribution is 2.63. The average molecular weight is 302 g/mol. The van der Waals surface area contributed by atoms with Gasteiger partial charge in [-0.2, -0.15) is 0 Å². The van der Waals surface area contributed by atoms with Crippen LogP contribution < -0.4 is 0 Å². The van der Waals surface area contributed by atoms with Crippen LogP contribution in [0.5, 0.6) is 0 Å². The molecule has 0 radical (unpaired) electrons. The molecule has 0 aromatic carbocycles. The molecule has 0 saturated heterocycles. The fourth-order valence-corrected chi connectivity index (χ4v) is 5.94. The van der Waals surface area contributed by atoms with Crippen LogP contribution >= 0.6 is 0 Å². The first-order valence-electron chi connectivity index (χ1n) is 8.84. The van der Waals surface area contributed by atoms with Crippen LogP contribution in [0, 0.1) is 28.1 Å². The summed E-state index contributed by atoms with van der Waals surface area (Å²) in [5.74, 6) is 0.322. The predicted molar refractivity (Wildman–Crippen MR) is 89.5 cm³/mol. The predicted octanol–water partition coefficient (Wildman–Crippen LogP) is 5.21. The van der Waals surface area contributed by atoms with E-state index in [0.717, 1.165) is 32.1 Å². The van der Waals surface area contributed by atoms with Gasteiger partial charge in [-0.15, -0.1) is 6.58 Å². The fraction of sp³-hybridized carbons (Fsp3) is 0.750. The van der Waals surface area contributed by atoms with E-state index in [1.54, 1.807) is 5.57 Å². The standard InChI is InChI=1S/C20H30O2/c1-5-18(2)12-9-15-14(13-18)7-8-16-19(15,3)10-6-11-20(16,4)17(21)22/h5,13,15-16H,1,6-12H2,2-4H3,(H,21,22)/t15-,16-,18-,19+,20+/m0/s1. The van der Waals surface area contributed by atoms with Crippen LogP contribution in [-0.4, -0.2) is 11.1 Å². The summed E-state index contributed by atoms with van der Waals surface area (Å²) in [5.41, 5.74) is 1.36. The van der Waals surface area contributed by atoms with E-state index in [-0.39, 0.29) is 10.8 Å². The van der Waals surface area contributed by atoms with Crippen LogP contribution in [0.1, 0.15) is 65.7 Å². The Kier molecular flexibility index (Phi) is 3.58. The molecule has 0 aromatic heterocycles. The van der Waals surface area contributed by atoms with E-state index in [0.29, 0.717) is 11.8 Å². The molecule has 1 N–H and O–H groups in total. The van der Waals surface area contributed by atoms with Crippen molar-refractivity contribution in [1.82, 2.24) is 0 Å². The number of rotatable bonds is 2. The number of hydrogen-bond donors (Lipinski definition) is 1. The number of fused-ring (bicyclic) bond motifs is 3. The second-order valence-electron chi connectivity index (χ2n) is 8.69. The number of carbonyl (C=O) groups is 1. The Hall–Kier alpha value is -1.05. The Labute approximate surface area is 134 Å². The van der Waals surface area contributed by atoms with Gasteiger partial charge in [0.1, 0.15) is 0 Å². The van der Waals surface area contributed by atoms with Crippen molar-refractivity contribution < 1.29 is 9.90 Å². The summed E-state index contributed by atoms with van der Waals surface area (Å²) in [5, 5.41) is 9.84. The SMILES string of the molecule is C=C[C@]1(C)C=C2CC[C@H]3[C@](C)(CCC[C@@]3(C)C(=O)O)[C@H]2CC1. The lowest BCUT2D eigenvalue weighted by Gasteiger charge is -2.59. The highest BCUT2D eigenvalue weighted by molar-refractivity contribution is 5.75. The maximum Gasteiger partial charge on any atom is 0.309 e. The summed E-state index contributed by atoms with van der Waals surface area (Å²) in [7, 11) is 0. The molecule has 0 heterocycles. The van der Waals surface area contributed by atoms with Crippen molar-refractivity contribution in [3.05, 3.63) is 24.3 Å². The second-order valence-corrected chi connectivity index (χ2v) is 8.69. The first-order chi connectivity index (χ1) is 10.3. The first-order valence-corrected chi connectivity index (χ1v) is 8.84. The number of carboxylic acids is 1. The van der Waals surface area contributed by atoms with Gasteiger partial charge in [-0.3, -0.25) is 4.79 Å². The van der Waals surface area contributed by atoms with Crippen LogP contribution in [-0.2, 0) is 4.79 Å². The third-order valence-electron chi connectivity index (χ3n) is 7.38. The second kappa shape index (κ2) is 4.97. The topological polar surface area (TPSA) is 37.3 Å². The molecule has 122 valence electrons. The van der Waals surface area contributed by atoms with Gasteiger partial charge in [0.25, 0.3) is 0 Å². The summed E-state index contributed by atoms with van der Waals surface area (Å²) in [4.78, 5) is 12.0. The molecule has 22 heavy (non-hydrogen) atoms. The number of allylic oxidation sites excluding steroid dienone is 3. The Bertz CT molecular complexity index is 534. The molecule has 0 aliphatic heterocycles. The highest BCUT2D eigenvalue weighted by Gasteiger charge is 2.58. The van der Waals surface area contributed by atoms with Gasteiger partial charge in [-0.25, -0.2) is 0 Å². The highest BCUT2D eigenvalue weighted by atomic mass is 16.4. The van der Waals surface area contributed by atoms with Gasteiger partial charge in [-0.05, 0) is 62.7 Å². The van der Waals surface area contributed by atoms with Gasteiger partial charge in [0, 0.05) is 5.41 Å². The van der Waals surface area contributed by atoms with Gasteiger partial charge in [-0.1, -0.05) is 38.0 Å². The molecule has 2 fully saturated rings. The van der Waals surface area contributed by atoms with Crippen molar-refractivity contribution in [1.29, 1.82) is 0 Å². The molecule has 0 amide bonds. The third-order valence-corrected chi connectivity index (χ3v) is 7.38. The minimum atomic E-state index is -0.581. The molecule has 0 bridgehead atoms. The summed E-state index contributed by atoms with van der Waals surface area (Å²) >= 11 is 0. The maximum atomic E-state index is 12.0. The monoisotopic (exact) mass is 302 g/mol. The van der Waals surface area contributed by atoms with E-state index < -0.39 is 11.4 Å². The molecule has 5 atom stereocenters. The fourth-order valence-electron chi connectivity index (χ4n) is 5.94. The van der Waals surface area contributed by atoms with Crippen LogP contribution in [0.3, 0.4) is 0 Å². The summed E-state index contributed by atoms with van der Waals surface area (Å²) in [6, 6.07) is 0. The van der Waals surface area contributed by atoms with Crippen LogP contribution in [0.15, 0.2) is 24.3 Å². The van der Waals surface area contributed by atoms with Crippen molar-refractivity contribution in [3.8, 4) is 0 Å². The number of hydrogen-bond acceptors (Lipinski definition) is 1. The average Bonchev–Trinajstić information content (AvgIpc) is 2.46. The lowest BCUT2D eigenvalue weighted by atomic mass is 9.45. The van der Waals surface area contributed by atoms with Gasteiger partial charge in [0.15, 0.2) is 0 Å². The van der Waals surface area contributed by atoms with E-state index in [2.05, 4.69) is 32.6 Å². The molecule has 3 aliphatic carbocycles. The quantitative estimate of drug-likeness (QED) is 0.711. The normalized spacial score (nSPS) is 47.9. The van der Waals surface area contributed by atoms with Crippen molar-refractivity contribution in [2.45, 2.75) is 65.7 Å². The molecule has 0 spiro atoms. The lowest BCUT2D eigenvalue weighted by molar-refractivity contribution is -0.164. The Morgan fingerprint density at radius 1 is 1.27 bits per heavy atom. The molecule has 0 aromatic rings. The van der Waals surface area contributed by atoms with E-state index >= 15 is 0 Å². The Balaban J connectivity index is 1.99.